The molecule has 0 unspecified atom stereocenters. The zero-order valence-corrected chi connectivity index (χ0v) is 12.7. The number of carbonyl (C=O) groups excluding carboxylic acids is 1. The Labute approximate surface area is 135 Å². The summed E-state index contributed by atoms with van der Waals surface area (Å²) < 4.78 is 40.8. The quantitative estimate of drug-likeness (QED) is 0.866. The molecular formula is C15H13F3N2O2S. The van der Waals surface area contributed by atoms with Crippen LogP contribution in [-0.2, 0) is 10.5 Å². The predicted molar refractivity (Wildman–Crippen MR) is 82.2 cm³/mol. The average molecular weight is 342 g/mol. The van der Waals surface area contributed by atoms with Crippen molar-refractivity contribution in [3.8, 4) is 5.75 Å². The van der Waals surface area contributed by atoms with Crippen molar-refractivity contribution in [2.75, 3.05) is 11.1 Å². The molecule has 0 aliphatic carbocycles. The number of para-hydroxylation sites is 2. The Morgan fingerprint density at radius 3 is 2.57 bits per heavy atom. The van der Waals surface area contributed by atoms with Crippen molar-refractivity contribution in [2.24, 2.45) is 0 Å². The van der Waals surface area contributed by atoms with Crippen molar-refractivity contribution in [1.82, 2.24) is 4.98 Å². The molecule has 23 heavy (non-hydrogen) atoms. The molecule has 2 aromatic rings. The number of hydrogen-bond acceptors (Lipinski definition) is 4. The average Bonchev–Trinajstić information content (AvgIpc) is 2.49. The number of carbonyl (C=O) groups is 1. The second-order valence-corrected chi connectivity index (χ2v) is 5.43. The number of anilines is 1. The van der Waals surface area contributed by atoms with Crippen LogP contribution in [-0.4, -0.2) is 23.0 Å². The fourth-order valence-corrected chi connectivity index (χ4v) is 2.50. The predicted octanol–water partition coefficient (Wildman–Crippen LogP) is 3.85. The van der Waals surface area contributed by atoms with Crippen LogP contribution in [0.1, 0.15) is 5.56 Å². The fourth-order valence-electron chi connectivity index (χ4n) is 1.71. The third-order valence-electron chi connectivity index (χ3n) is 2.64. The zero-order chi connectivity index (χ0) is 16.7. The molecule has 1 amide bonds. The molecule has 4 nitrogen and oxygen atoms in total. The molecule has 2 rings (SSSR count). The molecular weight excluding hydrogens is 329 g/mol. The molecule has 8 heteroatoms. The number of halogens is 3. The summed E-state index contributed by atoms with van der Waals surface area (Å²) in [7, 11) is 0. The molecule has 1 aromatic carbocycles. The summed E-state index contributed by atoms with van der Waals surface area (Å²) >= 11 is 1.35. The topological polar surface area (TPSA) is 51.2 Å². The number of nitrogens with zero attached hydrogens (tertiary/aromatic N) is 1. The van der Waals surface area contributed by atoms with Crippen molar-refractivity contribution in [3.63, 3.8) is 0 Å². The normalized spacial score (nSPS) is 11.1. The highest BCUT2D eigenvalue weighted by Crippen LogP contribution is 2.30. The van der Waals surface area contributed by atoms with Crippen molar-refractivity contribution in [2.45, 2.75) is 12.1 Å². The van der Waals surface area contributed by atoms with E-state index in [2.05, 4.69) is 15.0 Å². The van der Waals surface area contributed by atoms with Gasteiger partial charge in [0.25, 0.3) is 0 Å². The van der Waals surface area contributed by atoms with Gasteiger partial charge in [0.05, 0.1) is 11.4 Å². The molecule has 0 spiro atoms. The maximum atomic E-state index is 12.3. The van der Waals surface area contributed by atoms with Crippen LogP contribution >= 0.6 is 11.8 Å². The second kappa shape index (κ2) is 7.87. The van der Waals surface area contributed by atoms with Crippen molar-refractivity contribution >= 4 is 23.4 Å². The van der Waals surface area contributed by atoms with Gasteiger partial charge in [-0.25, -0.2) is 0 Å². The summed E-state index contributed by atoms with van der Waals surface area (Å²) in [6.45, 7) is 0. The minimum atomic E-state index is -4.81. The third kappa shape index (κ3) is 6.19. The lowest BCUT2D eigenvalue weighted by molar-refractivity contribution is -0.274. The van der Waals surface area contributed by atoms with E-state index in [1.807, 2.05) is 12.1 Å². The van der Waals surface area contributed by atoms with Gasteiger partial charge in [-0.2, -0.15) is 0 Å². The Kier molecular flexibility index (Phi) is 5.86. The molecule has 0 bridgehead atoms. The van der Waals surface area contributed by atoms with Crippen LogP contribution in [0.5, 0.6) is 5.75 Å². The number of aromatic nitrogens is 1. The fraction of sp³-hybridized carbons (Fsp3) is 0.200. The van der Waals surface area contributed by atoms with Gasteiger partial charge in [-0.15, -0.1) is 24.9 Å². The Morgan fingerprint density at radius 2 is 1.87 bits per heavy atom. The van der Waals surface area contributed by atoms with Crippen LogP contribution < -0.4 is 10.1 Å². The molecule has 0 aliphatic heterocycles. The Balaban J connectivity index is 1.88. The lowest BCUT2D eigenvalue weighted by Gasteiger charge is -2.13. The van der Waals surface area contributed by atoms with E-state index in [1.165, 1.54) is 30.0 Å². The maximum Gasteiger partial charge on any atom is 0.573 e. The highest BCUT2D eigenvalue weighted by atomic mass is 32.2. The molecule has 0 saturated carbocycles. The van der Waals surface area contributed by atoms with E-state index >= 15 is 0 Å². The molecule has 0 aliphatic rings. The Hall–Kier alpha value is -2.22. The second-order valence-electron chi connectivity index (χ2n) is 4.44. The van der Waals surface area contributed by atoms with Gasteiger partial charge in [0.2, 0.25) is 5.91 Å². The van der Waals surface area contributed by atoms with Crippen LogP contribution in [0.25, 0.3) is 0 Å². The van der Waals surface area contributed by atoms with Crippen molar-refractivity contribution < 1.29 is 22.7 Å². The SMILES string of the molecule is O=C(CSCc1ccncc1)Nc1ccccc1OC(F)(F)F. The summed E-state index contributed by atoms with van der Waals surface area (Å²) in [5.41, 5.74) is 0.998. The van der Waals surface area contributed by atoms with Crippen LogP contribution in [0.4, 0.5) is 18.9 Å². The minimum absolute atomic E-state index is 0.0145. The van der Waals surface area contributed by atoms with Gasteiger partial charge in [0.1, 0.15) is 0 Å². The number of amides is 1. The van der Waals surface area contributed by atoms with E-state index in [-0.39, 0.29) is 11.4 Å². The highest BCUT2D eigenvalue weighted by molar-refractivity contribution is 7.99. The summed E-state index contributed by atoms with van der Waals surface area (Å²) in [6, 6.07) is 9.08. The molecule has 1 heterocycles. The van der Waals surface area contributed by atoms with Crippen LogP contribution in [0.15, 0.2) is 48.8 Å². The van der Waals surface area contributed by atoms with Crippen LogP contribution in [0.2, 0.25) is 0 Å². The zero-order valence-electron chi connectivity index (χ0n) is 11.8. The summed E-state index contributed by atoms with van der Waals surface area (Å²) in [5, 5.41) is 2.42. The summed E-state index contributed by atoms with van der Waals surface area (Å²) in [5.74, 6) is -0.117. The van der Waals surface area contributed by atoms with E-state index in [4.69, 9.17) is 0 Å². The summed E-state index contributed by atoms with van der Waals surface area (Å²) in [6.07, 6.45) is -1.50. The number of alkyl halides is 3. The Morgan fingerprint density at radius 1 is 1.17 bits per heavy atom. The molecule has 122 valence electrons. The minimum Gasteiger partial charge on any atom is -0.404 e. The van der Waals surface area contributed by atoms with Gasteiger partial charge in [-0.05, 0) is 29.8 Å². The number of rotatable bonds is 6. The molecule has 0 atom stereocenters. The standard InChI is InChI=1S/C15H13F3N2O2S/c16-15(17,18)22-13-4-2-1-3-12(13)20-14(21)10-23-9-11-5-7-19-8-6-11/h1-8H,9-10H2,(H,20,21). The van der Waals surface area contributed by atoms with E-state index in [0.717, 1.165) is 11.6 Å². The molecule has 1 aromatic heterocycles. The molecule has 1 N–H and O–H groups in total. The first-order chi connectivity index (χ1) is 10.9. The highest BCUT2D eigenvalue weighted by Gasteiger charge is 2.32. The lowest BCUT2D eigenvalue weighted by atomic mass is 10.3. The maximum absolute atomic E-state index is 12.3. The first-order valence-electron chi connectivity index (χ1n) is 6.55. The molecule has 0 radical (unpaired) electrons. The van der Waals surface area contributed by atoms with E-state index < -0.39 is 18.0 Å². The monoisotopic (exact) mass is 342 g/mol. The largest absolute Gasteiger partial charge is 0.573 e. The first kappa shape index (κ1) is 17.1. The lowest BCUT2D eigenvalue weighted by Crippen LogP contribution is -2.20. The molecule has 0 fully saturated rings. The molecule has 0 saturated heterocycles. The van der Waals surface area contributed by atoms with Gasteiger partial charge in [-0.1, -0.05) is 12.1 Å². The van der Waals surface area contributed by atoms with Crippen molar-refractivity contribution in [1.29, 1.82) is 0 Å². The number of ether oxygens (including phenoxy) is 1. The van der Waals surface area contributed by atoms with Gasteiger partial charge >= 0.3 is 6.36 Å². The van der Waals surface area contributed by atoms with Crippen LogP contribution in [0, 0.1) is 0 Å². The smallest absolute Gasteiger partial charge is 0.404 e. The summed E-state index contributed by atoms with van der Waals surface area (Å²) in [4.78, 5) is 15.7. The van der Waals surface area contributed by atoms with Gasteiger partial charge in [-0.3, -0.25) is 9.78 Å². The number of hydrogen-bond donors (Lipinski definition) is 1. The van der Waals surface area contributed by atoms with Gasteiger partial charge in [0, 0.05) is 18.1 Å². The van der Waals surface area contributed by atoms with Crippen LogP contribution in [0.3, 0.4) is 0 Å². The van der Waals surface area contributed by atoms with E-state index in [1.54, 1.807) is 12.4 Å². The first-order valence-corrected chi connectivity index (χ1v) is 7.71. The third-order valence-corrected chi connectivity index (χ3v) is 3.64. The van der Waals surface area contributed by atoms with E-state index in [9.17, 15) is 18.0 Å². The van der Waals surface area contributed by atoms with Crippen molar-refractivity contribution in [3.05, 3.63) is 54.4 Å². The number of nitrogens with one attached hydrogen (secondary N) is 1. The number of thioether (sulfide) groups is 1. The van der Waals surface area contributed by atoms with Gasteiger partial charge in [0.15, 0.2) is 5.75 Å². The van der Waals surface area contributed by atoms with E-state index in [0.29, 0.717) is 5.75 Å². The van der Waals surface area contributed by atoms with Gasteiger partial charge < -0.3 is 10.1 Å². The number of pyridine rings is 1. The number of benzene rings is 1. The Bertz CT molecular complexity index is 651.